The van der Waals surface area contributed by atoms with Gasteiger partial charge >= 0.3 is 5.97 Å². The number of anilines is 1. The van der Waals surface area contributed by atoms with E-state index in [1.807, 2.05) is 0 Å². The molecular weight excluding hydrogens is 352 g/mol. The Morgan fingerprint density at radius 3 is 2.88 bits per heavy atom. The molecule has 126 valence electrons. The van der Waals surface area contributed by atoms with Crippen molar-refractivity contribution in [1.29, 1.82) is 0 Å². The molecule has 0 aromatic carbocycles. The quantitative estimate of drug-likeness (QED) is 0.599. The maximum absolute atomic E-state index is 12.6. The molecule has 0 bridgehead atoms. The molecule has 1 aromatic rings. The third kappa shape index (κ3) is 2.89. The number of fused-ring (bicyclic) bond motifs is 1. The van der Waals surface area contributed by atoms with Gasteiger partial charge in [0, 0.05) is 12.5 Å². The first kappa shape index (κ1) is 16.5. The number of nitrogens with zero attached hydrogens (tertiary/aromatic N) is 2. The number of nitrogens with two attached hydrogens (primary N) is 1. The van der Waals surface area contributed by atoms with E-state index in [1.54, 1.807) is 0 Å². The summed E-state index contributed by atoms with van der Waals surface area (Å²) in [7, 11) is 0. The lowest BCUT2D eigenvalue weighted by atomic mass is 10.1. The number of thioether (sulfide) groups is 1. The number of hydrogen-bond acceptors (Lipinski definition) is 8. The molecule has 10 heteroatoms. The number of carbonyl (C=O) groups is 3. The molecule has 2 aliphatic heterocycles. The van der Waals surface area contributed by atoms with Crippen LogP contribution in [0.25, 0.3) is 0 Å². The van der Waals surface area contributed by atoms with Crippen LogP contribution in [0.1, 0.15) is 13.3 Å². The largest absolute Gasteiger partial charge is 0.402 e. The van der Waals surface area contributed by atoms with E-state index in [0.29, 0.717) is 12.0 Å². The zero-order valence-corrected chi connectivity index (χ0v) is 14.3. The van der Waals surface area contributed by atoms with Crippen molar-refractivity contribution < 1.29 is 19.1 Å². The van der Waals surface area contributed by atoms with E-state index in [2.05, 4.69) is 16.9 Å². The summed E-state index contributed by atoms with van der Waals surface area (Å²) in [6.07, 6.45) is 1.74. The number of hydrogen-bond donors (Lipinski definition) is 2. The Morgan fingerprint density at radius 2 is 2.33 bits per heavy atom. The third-order valence-corrected chi connectivity index (χ3v) is 5.43. The second-order valence-corrected chi connectivity index (χ2v) is 7.24. The number of esters is 1. The van der Waals surface area contributed by atoms with Crippen LogP contribution in [0.15, 0.2) is 29.3 Å². The van der Waals surface area contributed by atoms with Crippen molar-refractivity contribution in [3.63, 3.8) is 0 Å². The number of ether oxygens (including phenoxy) is 1. The highest BCUT2D eigenvalue weighted by Gasteiger charge is 2.48. The molecule has 1 aromatic heterocycles. The average Bonchev–Trinajstić information content (AvgIpc) is 2.90. The topological polar surface area (TPSA) is 115 Å². The van der Waals surface area contributed by atoms with E-state index in [4.69, 9.17) is 10.5 Å². The maximum Gasteiger partial charge on any atom is 0.362 e. The van der Waals surface area contributed by atoms with Crippen molar-refractivity contribution >= 4 is 46.0 Å². The predicted octanol–water partition coefficient (Wildman–Crippen LogP) is 0.838. The van der Waals surface area contributed by atoms with Gasteiger partial charge in [0.2, 0.25) is 17.7 Å². The molecule has 3 heterocycles. The molecule has 1 saturated heterocycles. The molecule has 2 aliphatic rings. The van der Waals surface area contributed by atoms with Gasteiger partial charge in [-0.3, -0.25) is 14.5 Å². The van der Waals surface area contributed by atoms with E-state index in [1.165, 1.54) is 35.0 Å². The first-order valence-electron chi connectivity index (χ1n) is 6.95. The number of carbonyl (C=O) groups excluding carboxylic acids is 3. The molecule has 8 nitrogen and oxygen atoms in total. The highest BCUT2D eigenvalue weighted by atomic mass is 32.2. The molecular formula is C14H14N4O4S2. The normalized spacial score (nSPS) is 22.5. The molecule has 1 unspecified atom stereocenters. The summed E-state index contributed by atoms with van der Waals surface area (Å²) in [5, 5.41) is 3.82. The van der Waals surface area contributed by atoms with Gasteiger partial charge in [0.05, 0.1) is 17.2 Å². The van der Waals surface area contributed by atoms with Gasteiger partial charge in [-0.1, -0.05) is 12.7 Å². The van der Waals surface area contributed by atoms with Crippen LogP contribution in [0, 0.1) is 0 Å². The monoisotopic (exact) mass is 366 g/mol. The summed E-state index contributed by atoms with van der Waals surface area (Å²) in [4.78, 5) is 41.2. The zero-order valence-electron chi connectivity index (χ0n) is 12.6. The van der Waals surface area contributed by atoms with Crippen LogP contribution in [-0.4, -0.2) is 38.4 Å². The standard InChI is InChI=1S/C14H14N4O4S2/c1-3-7-11(13(21)22-8-5-23-14(15)17-8)18-9(20)4-10(18)24-12(7)16-6(2)19/h3,5,10,12H,1,4H2,2H3,(H2,15,17)(H,16,19)/t10-,12?/m1/s1. The second-order valence-electron chi connectivity index (χ2n) is 5.06. The van der Waals surface area contributed by atoms with Crippen molar-refractivity contribution in [2.45, 2.75) is 24.1 Å². The Balaban J connectivity index is 1.95. The molecule has 3 N–H and O–H groups in total. The Kier molecular flexibility index (Phi) is 4.33. The van der Waals surface area contributed by atoms with Crippen molar-refractivity contribution in [1.82, 2.24) is 15.2 Å². The van der Waals surface area contributed by atoms with Crippen LogP contribution in [0.3, 0.4) is 0 Å². The highest BCUT2D eigenvalue weighted by molar-refractivity contribution is 8.00. The van der Waals surface area contributed by atoms with E-state index in [-0.39, 0.29) is 33.9 Å². The van der Waals surface area contributed by atoms with Gasteiger partial charge in [-0.05, 0) is 0 Å². The Labute approximate surface area is 145 Å². The summed E-state index contributed by atoms with van der Waals surface area (Å²) >= 11 is 2.52. The summed E-state index contributed by atoms with van der Waals surface area (Å²) in [5.74, 6) is -1.09. The maximum atomic E-state index is 12.6. The van der Waals surface area contributed by atoms with Crippen LogP contribution < -0.4 is 15.8 Å². The molecule has 2 amide bonds. The Bertz CT molecular complexity index is 773. The first-order chi connectivity index (χ1) is 11.4. The number of rotatable bonds is 4. The minimum Gasteiger partial charge on any atom is -0.402 e. The van der Waals surface area contributed by atoms with Gasteiger partial charge < -0.3 is 15.8 Å². The van der Waals surface area contributed by atoms with Crippen molar-refractivity contribution in [3.05, 3.63) is 29.3 Å². The van der Waals surface area contributed by atoms with Gasteiger partial charge in [0.1, 0.15) is 11.1 Å². The lowest BCUT2D eigenvalue weighted by Gasteiger charge is -2.46. The Hall–Kier alpha value is -2.33. The van der Waals surface area contributed by atoms with E-state index in [0.717, 1.165) is 11.3 Å². The van der Waals surface area contributed by atoms with E-state index < -0.39 is 11.3 Å². The first-order valence-corrected chi connectivity index (χ1v) is 8.77. The number of β-lactam (4-membered cyclic amide) rings is 1. The van der Waals surface area contributed by atoms with Gasteiger partial charge in [0.15, 0.2) is 5.13 Å². The van der Waals surface area contributed by atoms with E-state index in [9.17, 15) is 14.4 Å². The van der Waals surface area contributed by atoms with Crippen LogP contribution in [0.2, 0.25) is 0 Å². The lowest BCUT2D eigenvalue weighted by molar-refractivity contribution is -0.145. The predicted molar refractivity (Wildman–Crippen MR) is 89.8 cm³/mol. The minimum atomic E-state index is -0.732. The van der Waals surface area contributed by atoms with Gasteiger partial charge in [-0.15, -0.1) is 23.1 Å². The second kappa shape index (κ2) is 6.29. The number of aromatic nitrogens is 1. The summed E-state index contributed by atoms with van der Waals surface area (Å²) < 4.78 is 5.22. The molecule has 0 saturated carbocycles. The van der Waals surface area contributed by atoms with Crippen molar-refractivity contribution in [3.8, 4) is 5.88 Å². The molecule has 0 aliphatic carbocycles. The Morgan fingerprint density at radius 1 is 1.58 bits per heavy atom. The minimum absolute atomic E-state index is 0.0669. The summed E-state index contributed by atoms with van der Waals surface area (Å²) in [6, 6.07) is 0. The fraction of sp³-hybridized carbons (Fsp3) is 0.286. The fourth-order valence-electron chi connectivity index (χ4n) is 2.44. The number of nitrogen functional groups attached to an aromatic ring is 1. The van der Waals surface area contributed by atoms with Gasteiger partial charge in [-0.2, -0.15) is 4.98 Å². The van der Waals surface area contributed by atoms with Crippen LogP contribution in [0.4, 0.5) is 5.13 Å². The van der Waals surface area contributed by atoms with Crippen LogP contribution in [0.5, 0.6) is 5.88 Å². The lowest BCUT2D eigenvalue weighted by Crippen LogP contribution is -2.57. The molecule has 3 rings (SSSR count). The summed E-state index contributed by atoms with van der Waals surface area (Å²) in [6.45, 7) is 5.08. The number of nitrogens with one attached hydrogen (secondary N) is 1. The highest BCUT2D eigenvalue weighted by Crippen LogP contribution is 2.43. The SMILES string of the molecule is C=CC1=C(C(=O)Oc2csc(N)n2)N2C(=O)C[C@H]2SC1NC(C)=O. The number of amides is 2. The summed E-state index contributed by atoms with van der Waals surface area (Å²) in [5.41, 5.74) is 6.02. The van der Waals surface area contributed by atoms with Crippen LogP contribution in [-0.2, 0) is 14.4 Å². The molecule has 0 radical (unpaired) electrons. The van der Waals surface area contributed by atoms with Crippen LogP contribution >= 0.6 is 23.1 Å². The molecule has 24 heavy (non-hydrogen) atoms. The molecule has 2 atom stereocenters. The van der Waals surface area contributed by atoms with Crippen molar-refractivity contribution in [2.24, 2.45) is 0 Å². The molecule has 0 spiro atoms. The van der Waals surface area contributed by atoms with E-state index >= 15 is 0 Å². The average molecular weight is 366 g/mol. The number of thiazole rings is 1. The van der Waals surface area contributed by atoms with Gasteiger partial charge in [-0.25, -0.2) is 4.79 Å². The molecule has 1 fully saturated rings. The fourth-order valence-corrected chi connectivity index (χ4v) is 4.39. The zero-order chi connectivity index (χ0) is 17.4. The third-order valence-electron chi connectivity index (χ3n) is 3.44. The van der Waals surface area contributed by atoms with Crippen molar-refractivity contribution in [2.75, 3.05) is 5.73 Å². The van der Waals surface area contributed by atoms with Gasteiger partial charge in [0.25, 0.3) is 0 Å². The smallest absolute Gasteiger partial charge is 0.362 e.